The molecule has 1 aromatic rings. The van der Waals surface area contributed by atoms with Crippen LogP contribution in [0.25, 0.3) is 0 Å². The van der Waals surface area contributed by atoms with Gasteiger partial charge in [0.1, 0.15) is 5.82 Å². The number of amides is 1. The summed E-state index contributed by atoms with van der Waals surface area (Å²) in [6, 6.07) is 6.74. The van der Waals surface area contributed by atoms with E-state index in [0.29, 0.717) is 24.2 Å². The van der Waals surface area contributed by atoms with E-state index in [1.54, 1.807) is 0 Å². The molecule has 0 bridgehead atoms. The number of hydrogen-bond acceptors (Lipinski definition) is 2. The Bertz CT molecular complexity index is 502. The minimum Gasteiger partial charge on any atom is -0.342 e. The van der Waals surface area contributed by atoms with Gasteiger partial charge in [0.15, 0.2) is 0 Å². The van der Waals surface area contributed by atoms with Crippen molar-refractivity contribution in [3.8, 4) is 0 Å². The van der Waals surface area contributed by atoms with Crippen molar-refractivity contribution in [2.24, 2.45) is 11.8 Å². The van der Waals surface area contributed by atoms with Crippen molar-refractivity contribution in [2.75, 3.05) is 26.2 Å². The van der Waals surface area contributed by atoms with E-state index in [0.717, 1.165) is 51.0 Å². The third kappa shape index (κ3) is 5.18. The van der Waals surface area contributed by atoms with Crippen LogP contribution in [0.3, 0.4) is 0 Å². The van der Waals surface area contributed by atoms with E-state index in [1.165, 1.54) is 18.6 Å². The summed E-state index contributed by atoms with van der Waals surface area (Å²) < 4.78 is 12.9. The highest BCUT2D eigenvalue weighted by molar-refractivity contribution is 5.85. The Morgan fingerprint density at radius 2 is 2.00 bits per heavy atom. The van der Waals surface area contributed by atoms with E-state index in [9.17, 15) is 9.18 Å². The van der Waals surface area contributed by atoms with Gasteiger partial charge >= 0.3 is 0 Å². The van der Waals surface area contributed by atoms with E-state index < -0.39 is 0 Å². The van der Waals surface area contributed by atoms with Gasteiger partial charge in [-0.2, -0.15) is 0 Å². The van der Waals surface area contributed by atoms with E-state index in [4.69, 9.17) is 0 Å². The number of carbonyl (C=O) groups is 1. The summed E-state index contributed by atoms with van der Waals surface area (Å²) >= 11 is 0. The molecule has 23 heavy (non-hydrogen) atoms. The van der Waals surface area contributed by atoms with Crippen molar-refractivity contribution >= 4 is 18.3 Å². The number of likely N-dealkylation sites (tertiary alicyclic amines) is 1. The van der Waals surface area contributed by atoms with Gasteiger partial charge < -0.3 is 10.2 Å². The maximum atomic E-state index is 12.9. The van der Waals surface area contributed by atoms with Gasteiger partial charge in [-0.05, 0) is 68.3 Å². The number of hydrogen-bond donors (Lipinski definition) is 1. The molecule has 1 amide bonds. The standard InChI is InChI=1S/C18H25FN2O.ClH/c19-17-4-1-14(2-5-17)11-16-8-10-21(13-16)18(22)6-3-15-7-9-20-12-15;/h1-2,4-5,15-16,20H,3,6-13H2;1H. The van der Waals surface area contributed by atoms with Crippen LogP contribution in [-0.2, 0) is 11.2 Å². The molecule has 0 aromatic heterocycles. The number of nitrogens with one attached hydrogen (secondary N) is 1. The molecular weight excluding hydrogens is 315 g/mol. The second kappa shape index (κ2) is 8.65. The average Bonchev–Trinajstić information content (AvgIpc) is 3.19. The predicted octanol–water partition coefficient (Wildman–Crippen LogP) is 3.03. The molecule has 3 nitrogen and oxygen atoms in total. The van der Waals surface area contributed by atoms with Gasteiger partial charge in [0.25, 0.3) is 0 Å². The third-order valence-electron chi connectivity index (χ3n) is 5.01. The molecule has 2 aliphatic rings. The first-order valence-electron chi connectivity index (χ1n) is 8.43. The predicted molar refractivity (Wildman–Crippen MR) is 92.2 cm³/mol. The molecule has 2 fully saturated rings. The summed E-state index contributed by atoms with van der Waals surface area (Å²) in [5.74, 6) is 1.33. The second-order valence-electron chi connectivity index (χ2n) is 6.72. The number of nitrogens with zero attached hydrogens (tertiary/aromatic N) is 1. The highest BCUT2D eigenvalue weighted by atomic mass is 35.5. The third-order valence-corrected chi connectivity index (χ3v) is 5.01. The molecule has 128 valence electrons. The highest BCUT2D eigenvalue weighted by Gasteiger charge is 2.26. The summed E-state index contributed by atoms with van der Waals surface area (Å²) in [6.07, 6.45) is 4.92. The van der Waals surface area contributed by atoms with E-state index in [1.807, 2.05) is 17.0 Å². The molecule has 0 spiro atoms. The first-order valence-corrected chi connectivity index (χ1v) is 8.43. The fraction of sp³-hybridized carbons (Fsp3) is 0.611. The van der Waals surface area contributed by atoms with Crippen molar-refractivity contribution in [3.05, 3.63) is 35.6 Å². The fourth-order valence-electron chi connectivity index (χ4n) is 3.63. The monoisotopic (exact) mass is 340 g/mol. The first kappa shape index (κ1) is 18.2. The van der Waals surface area contributed by atoms with Crippen LogP contribution in [0.15, 0.2) is 24.3 Å². The van der Waals surface area contributed by atoms with Crippen LogP contribution in [0.1, 0.15) is 31.2 Å². The van der Waals surface area contributed by atoms with Gasteiger partial charge in [-0.3, -0.25) is 4.79 Å². The molecule has 0 aliphatic carbocycles. The van der Waals surface area contributed by atoms with Gasteiger partial charge in [-0.15, -0.1) is 12.4 Å². The maximum Gasteiger partial charge on any atom is 0.222 e. The Labute approximate surface area is 144 Å². The van der Waals surface area contributed by atoms with Crippen LogP contribution >= 0.6 is 12.4 Å². The van der Waals surface area contributed by atoms with Crippen LogP contribution in [0.4, 0.5) is 4.39 Å². The van der Waals surface area contributed by atoms with E-state index in [-0.39, 0.29) is 18.2 Å². The van der Waals surface area contributed by atoms with Crippen LogP contribution in [0.2, 0.25) is 0 Å². The molecule has 2 saturated heterocycles. The lowest BCUT2D eigenvalue weighted by Gasteiger charge is -2.18. The second-order valence-corrected chi connectivity index (χ2v) is 6.72. The molecule has 0 saturated carbocycles. The minimum atomic E-state index is -0.187. The van der Waals surface area contributed by atoms with Crippen LogP contribution in [0.5, 0.6) is 0 Å². The Morgan fingerprint density at radius 1 is 1.22 bits per heavy atom. The number of rotatable bonds is 5. The van der Waals surface area contributed by atoms with Crippen molar-refractivity contribution < 1.29 is 9.18 Å². The summed E-state index contributed by atoms with van der Waals surface area (Å²) in [5.41, 5.74) is 1.16. The Morgan fingerprint density at radius 3 is 2.70 bits per heavy atom. The first-order chi connectivity index (χ1) is 10.7. The normalized spacial score (nSPS) is 23.8. The lowest BCUT2D eigenvalue weighted by Crippen LogP contribution is -2.29. The summed E-state index contributed by atoms with van der Waals surface area (Å²) in [4.78, 5) is 14.3. The SMILES string of the molecule is Cl.O=C(CCC1CCNC1)N1CCC(Cc2ccc(F)cc2)C1. The zero-order valence-electron chi connectivity index (χ0n) is 13.5. The molecule has 2 aliphatic heterocycles. The van der Waals surface area contributed by atoms with Gasteiger partial charge in [-0.1, -0.05) is 12.1 Å². The topological polar surface area (TPSA) is 32.3 Å². The number of carbonyl (C=O) groups excluding carboxylic acids is 1. The molecule has 1 N–H and O–H groups in total. The summed E-state index contributed by atoms with van der Waals surface area (Å²) in [6.45, 7) is 3.91. The quantitative estimate of drug-likeness (QED) is 0.893. The Balaban J connectivity index is 0.00000192. The minimum absolute atomic E-state index is 0. The number of benzene rings is 1. The van der Waals surface area contributed by atoms with Crippen molar-refractivity contribution in [3.63, 3.8) is 0 Å². The summed E-state index contributed by atoms with van der Waals surface area (Å²) in [5, 5.41) is 3.35. The molecule has 2 atom stereocenters. The molecule has 3 rings (SSSR count). The maximum absolute atomic E-state index is 12.9. The molecule has 2 unspecified atom stereocenters. The zero-order valence-corrected chi connectivity index (χ0v) is 14.3. The molecule has 5 heteroatoms. The largest absolute Gasteiger partial charge is 0.342 e. The van der Waals surface area contributed by atoms with Crippen molar-refractivity contribution in [1.82, 2.24) is 10.2 Å². The smallest absolute Gasteiger partial charge is 0.222 e. The number of halogens is 2. The Kier molecular flexibility index (Phi) is 6.85. The van der Waals surface area contributed by atoms with Crippen molar-refractivity contribution in [2.45, 2.75) is 32.1 Å². The average molecular weight is 341 g/mol. The van der Waals surface area contributed by atoms with Gasteiger partial charge in [0, 0.05) is 19.5 Å². The van der Waals surface area contributed by atoms with Crippen LogP contribution in [-0.4, -0.2) is 37.0 Å². The molecule has 0 radical (unpaired) electrons. The van der Waals surface area contributed by atoms with E-state index >= 15 is 0 Å². The Hall–Kier alpha value is -1.13. The lowest BCUT2D eigenvalue weighted by atomic mass is 9.99. The van der Waals surface area contributed by atoms with Gasteiger partial charge in [-0.25, -0.2) is 4.39 Å². The summed E-state index contributed by atoms with van der Waals surface area (Å²) in [7, 11) is 0. The molecule has 1 aromatic carbocycles. The zero-order chi connectivity index (χ0) is 15.4. The van der Waals surface area contributed by atoms with Crippen LogP contribution < -0.4 is 5.32 Å². The van der Waals surface area contributed by atoms with E-state index in [2.05, 4.69) is 5.32 Å². The highest BCUT2D eigenvalue weighted by Crippen LogP contribution is 2.23. The van der Waals surface area contributed by atoms with Crippen molar-refractivity contribution in [1.29, 1.82) is 0 Å². The molecular formula is C18H26ClFN2O. The molecule has 2 heterocycles. The van der Waals surface area contributed by atoms with Gasteiger partial charge in [0.2, 0.25) is 5.91 Å². The van der Waals surface area contributed by atoms with Crippen LogP contribution in [0, 0.1) is 17.7 Å². The lowest BCUT2D eigenvalue weighted by molar-refractivity contribution is -0.130. The fourth-order valence-corrected chi connectivity index (χ4v) is 3.63. The van der Waals surface area contributed by atoms with Gasteiger partial charge in [0.05, 0.1) is 0 Å².